The first kappa shape index (κ1) is 18.3. The predicted molar refractivity (Wildman–Crippen MR) is 122 cm³/mol. The maximum absolute atomic E-state index is 12.4. The molecule has 2 aliphatic rings. The molecule has 0 saturated heterocycles. The van der Waals surface area contributed by atoms with Crippen LogP contribution >= 0.6 is 0 Å². The zero-order valence-corrected chi connectivity index (χ0v) is 17.3. The number of hydrogen-bond acceptors (Lipinski definition) is 3. The monoisotopic (exact) mass is 408 g/mol. The first-order chi connectivity index (χ1) is 15.3. The largest absolute Gasteiger partial charge is 0.350 e. The fourth-order valence-corrected chi connectivity index (χ4v) is 4.92. The fraction of sp³-hybridized carbons (Fsp3) is 0.231. The number of amides is 1. The van der Waals surface area contributed by atoms with E-state index in [2.05, 4.69) is 63.7 Å². The van der Waals surface area contributed by atoms with Crippen LogP contribution in [0, 0.1) is 0 Å². The van der Waals surface area contributed by atoms with Crippen LogP contribution in [0.25, 0.3) is 22.4 Å². The van der Waals surface area contributed by atoms with Crippen molar-refractivity contribution in [2.45, 2.75) is 32.0 Å². The molecule has 2 heterocycles. The van der Waals surface area contributed by atoms with Gasteiger partial charge in [-0.2, -0.15) is 0 Å². The summed E-state index contributed by atoms with van der Waals surface area (Å²) in [4.78, 5) is 17.2. The molecule has 0 radical (unpaired) electrons. The minimum Gasteiger partial charge on any atom is -0.350 e. The summed E-state index contributed by atoms with van der Waals surface area (Å²) in [5, 5.41) is 6.69. The summed E-state index contributed by atoms with van der Waals surface area (Å²) < 4.78 is 2.17. The van der Waals surface area contributed by atoms with E-state index in [1.165, 1.54) is 16.7 Å². The van der Waals surface area contributed by atoms with Crippen LogP contribution in [0.3, 0.4) is 0 Å². The minimum atomic E-state index is -0.0220. The Balaban J connectivity index is 1.23. The summed E-state index contributed by atoms with van der Waals surface area (Å²) >= 11 is 0. The molecule has 31 heavy (non-hydrogen) atoms. The van der Waals surface area contributed by atoms with Crippen molar-refractivity contribution in [1.29, 1.82) is 0 Å². The first-order valence-electron chi connectivity index (χ1n) is 10.9. The van der Waals surface area contributed by atoms with Gasteiger partial charge in [0.1, 0.15) is 5.82 Å². The van der Waals surface area contributed by atoms with Gasteiger partial charge in [0.15, 0.2) is 0 Å². The van der Waals surface area contributed by atoms with Crippen molar-refractivity contribution in [2.24, 2.45) is 0 Å². The molecule has 1 aromatic heterocycles. The second-order valence-electron chi connectivity index (χ2n) is 8.47. The Kier molecular flexibility index (Phi) is 4.35. The van der Waals surface area contributed by atoms with Crippen LogP contribution in [0.15, 0.2) is 66.7 Å². The third kappa shape index (κ3) is 3.22. The van der Waals surface area contributed by atoms with Gasteiger partial charge in [-0.1, -0.05) is 54.6 Å². The smallest absolute Gasteiger partial charge is 0.253 e. The molecule has 0 saturated carbocycles. The number of para-hydroxylation sites is 1. The van der Waals surface area contributed by atoms with Gasteiger partial charge in [-0.15, -0.1) is 0 Å². The number of aromatic nitrogens is 2. The Bertz CT molecular complexity index is 1260. The number of nitrogens with zero attached hydrogens (tertiary/aromatic N) is 2. The lowest BCUT2D eigenvalue weighted by molar-refractivity contribution is 0.0956. The average Bonchev–Trinajstić information content (AvgIpc) is 3.34. The molecule has 154 valence electrons. The molecule has 0 unspecified atom stereocenters. The van der Waals surface area contributed by atoms with E-state index in [0.717, 1.165) is 48.4 Å². The van der Waals surface area contributed by atoms with Crippen LogP contribution in [-0.4, -0.2) is 28.0 Å². The molecule has 1 amide bonds. The van der Waals surface area contributed by atoms with Gasteiger partial charge in [-0.3, -0.25) is 4.79 Å². The molecule has 6 rings (SSSR count). The number of imidazole rings is 1. The van der Waals surface area contributed by atoms with E-state index in [4.69, 9.17) is 4.98 Å². The average molecular weight is 409 g/mol. The van der Waals surface area contributed by atoms with Crippen molar-refractivity contribution in [3.63, 3.8) is 0 Å². The maximum atomic E-state index is 12.4. The lowest BCUT2D eigenvalue weighted by Crippen LogP contribution is -2.28. The predicted octanol–water partition coefficient (Wildman–Crippen LogP) is 3.70. The van der Waals surface area contributed by atoms with E-state index in [0.29, 0.717) is 18.2 Å². The lowest BCUT2D eigenvalue weighted by Gasteiger charge is -2.12. The van der Waals surface area contributed by atoms with E-state index < -0.39 is 0 Å². The topological polar surface area (TPSA) is 59.0 Å². The Morgan fingerprint density at radius 3 is 2.52 bits per heavy atom. The highest BCUT2D eigenvalue weighted by Crippen LogP contribution is 2.28. The number of carbonyl (C=O) groups excluding carboxylic acids is 1. The van der Waals surface area contributed by atoms with E-state index in [1.807, 2.05) is 18.2 Å². The van der Waals surface area contributed by atoms with Gasteiger partial charge in [0, 0.05) is 31.2 Å². The van der Waals surface area contributed by atoms with E-state index in [9.17, 15) is 4.79 Å². The van der Waals surface area contributed by atoms with Crippen LogP contribution in [-0.2, 0) is 25.9 Å². The molecule has 3 aromatic carbocycles. The Labute approximate surface area is 181 Å². The Hall–Kier alpha value is -3.44. The molecule has 0 bridgehead atoms. The molecule has 0 fully saturated rings. The van der Waals surface area contributed by atoms with Gasteiger partial charge in [-0.05, 0) is 41.7 Å². The van der Waals surface area contributed by atoms with Gasteiger partial charge in [0.2, 0.25) is 0 Å². The number of benzene rings is 3. The molecule has 0 spiro atoms. The summed E-state index contributed by atoms with van der Waals surface area (Å²) in [6, 6.07) is 23.6. The van der Waals surface area contributed by atoms with Gasteiger partial charge in [0.05, 0.1) is 16.6 Å². The third-order valence-electron chi connectivity index (χ3n) is 6.49. The molecule has 2 N–H and O–H groups in total. The van der Waals surface area contributed by atoms with Crippen molar-refractivity contribution < 1.29 is 4.79 Å². The SMILES string of the molecule is O=C1NCCn2c(-c3ccc(CNC4Cc5ccccc5C4)cc3)nc3cccc1c32. The summed E-state index contributed by atoms with van der Waals surface area (Å²) in [5.74, 6) is 0.899. The molecule has 1 aliphatic heterocycles. The van der Waals surface area contributed by atoms with Crippen molar-refractivity contribution >= 4 is 16.9 Å². The number of rotatable bonds is 4. The molecular weight excluding hydrogens is 384 g/mol. The molecule has 1 aliphatic carbocycles. The van der Waals surface area contributed by atoms with Crippen LogP contribution in [0.2, 0.25) is 0 Å². The Morgan fingerprint density at radius 2 is 1.74 bits per heavy atom. The zero-order valence-electron chi connectivity index (χ0n) is 17.3. The summed E-state index contributed by atoms with van der Waals surface area (Å²) in [5.41, 5.74) is 7.79. The minimum absolute atomic E-state index is 0.0220. The maximum Gasteiger partial charge on any atom is 0.253 e. The molecule has 5 nitrogen and oxygen atoms in total. The lowest BCUT2D eigenvalue weighted by atomic mass is 10.1. The summed E-state index contributed by atoms with van der Waals surface area (Å²) in [6.07, 6.45) is 2.21. The molecule has 0 atom stereocenters. The van der Waals surface area contributed by atoms with E-state index in [-0.39, 0.29) is 5.91 Å². The number of hydrogen-bond donors (Lipinski definition) is 2. The molecular formula is C26H24N4O. The molecule has 5 heteroatoms. The van der Waals surface area contributed by atoms with E-state index >= 15 is 0 Å². The van der Waals surface area contributed by atoms with Crippen molar-refractivity contribution in [3.05, 3.63) is 89.0 Å². The highest BCUT2D eigenvalue weighted by molar-refractivity contribution is 6.06. The van der Waals surface area contributed by atoms with Crippen LogP contribution in [0.1, 0.15) is 27.0 Å². The van der Waals surface area contributed by atoms with Crippen molar-refractivity contribution in [1.82, 2.24) is 20.2 Å². The normalized spacial score (nSPS) is 15.7. The number of nitrogens with one attached hydrogen (secondary N) is 2. The van der Waals surface area contributed by atoms with Crippen molar-refractivity contribution in [3.8, 4) is 11.4 Å². The van der Waals surface area contributed by atoms with Crippen molar-refractivity contribution in [2.75, 3.05) is 6.54 Å². The van der Waals surface area contributed by atoms with Gasteiger partial charge < -0.3 is 15.2 Å². The third-order valence-corrected chi connectivity index (χ3v) is 6.49. The molecule has 4 aromatic rings. The van der Waals surface area contributed by atoms with Gasteiger partial charge in [-0.25, -0.2) is 4.98 Å². The number of fused-ring (bicyclic) bond motifs is 1. The fourth-order valence-electron chi connectivity index (χ4n) is 4.92. The van der Waals surface area contributed by atoms with Crippen LogP contribution in [0.5, 0.6) is 0 Å². The Morgan fingerprint density at radius 1 is 0.968 bits per heavy atom. The highest BCUT2D eigenvalue weighted by Gasteiger charge is 2.22. The summed E-state index contributed by atoms with van der Waals surface area (Å²) in [7, 11) is 0. The highest BCUT2D eigenvalue weighted by atomic mass is 16.1. The number of carbonyl (C=O) groups is 1. The second-order valence-corrected chi connectivity index (χ2v) is 8.47. The van der Waals surface area contributed by atoms with Gasteiger partial charge >= 0.3 is 0 Å². The van der Waals surface area contributed by atoms with E-state index in [1.54, 1.807) is 0 Å². The standard InChI is InChI=1S/C26H24N4O/c31-26-22-6-3-7-23-24(22)30(13-12-27-26)25(29-23)18-10-8-17(9-11-18)16-28-21-14-19-4-1-2-5-20(19)15-21/h1-11,21,28H,12-16H2,(H,27,31). The first-order valence-corrected chi connectivity index (χ1v) is 10.9. The summed E-state index contributed by atoms with van der Waals surface area (Å²) in [6.45, 7) is 2.19. The van der Waals surface area contributed by atoms with Gasteiger partial charge in [0.25, 0.3) is 5.91 Å². The zero-order chi connectivity index (χ0) is 20.8. The quantitative estimate of drug-likeness (QED) is 0.541. The van der Waals surface area contributed by atoms with Crippen LogP contribution in [0.4, 0.5) is 0 Å². The van der Waals surface area contributed by atoms with Crippen LogP contribution < -0.4 is 10.6 Å². The second kappa shape index (κ2) is 7.36.